The highest BCUT2D eigenvalue weighted by atomic mass is 35.5. The van der Waals surface area contributed by atoms with Crippen LogP contribution in [0.5, 0.6) is 0 Å². The van der Waals surface area contributed by atoms with Crippen LogP contribution in [0.1, 0.15) is 22.3 Å². The van der Waals surface area contributed by atoms with Crippen molar-refractivity contribution in [3.8, 4) is 0 Å². The molecule has 1 aromatic rings. The number of carbonyl (C=O) groups is 1. The molecule has 82 valence electrons. The topological polar surface area (TPSA) is 52.3 Å². The molecule has 0 unspecified atom stereocenters. The van der Waals surface area contributed by atoms with Crippen molar-refractivity contribution in [2.75, 3.05) is 13.7 Å². The van der Waals surface area contributed by atoms with E-state index in [4.69, 9.17) is 22.1 Å². The standard InChI is InChI=1S/C11H14ClNO2/c1-15-7-8-2-3-9(12)6-10(8)11(14)4-5-13/h2-3,6H,4-5,7,13H2,1H3. The summed E-state index contributed by atoms with van der Waals surface area (Å²) in [5, 5.41) is 0.551. The van der Waals surface area contributed by atoms with Crippen LogP contribution in [0.2, 0.25) is 5.02 Å². The minimum absolute atomic E-state index is 0.00653. The highest BCUT2D eigenvalue weighted by Gasteiger charge is 2.10. The van der Waals surface area contributed by atoms with Crippen molar-refractivity contribution >= 4 is 17.4 Å². The summed E-state index contributed by atoms with van der Waals surface area (Å²) in [4.78, 5) is 11.7. The monoisotopic (exact) mass is 227 g/mol. The van der Waals surface area contributed by atoms with Gasteiger partial charge in [0.15, 0.2) is 5.78 Å². The van der Waals surface area contributed by atoms with Crippen molar-refractivity contribution in [3.05, 3.63) is 34.3 Å². The van der Waals surface area contributed by atoms with E-state index < -0.39 is 0 Å². The number of nitrogens with two attached hydrogens (primary N) is 1. The lowest BCUT2D eigenvalue weighted by Crippen LogP contribution is -2.10. The molecule has 0 aromatic heterocycles. The highest BCUT2D eigenvalue weighted by Crippen LogP contribution is 2.18. The normalized spacial score (nSPS) is 10.3. The van der Waals surface area contributed by atoms with Crippen molar-refractivity contribution < 1.29 is 9.53 Å². The summed E-state index contributed by atoms with van der Waals surface area (Å²) in [5.74, 6) is 0.00653. The maximum absolute atomic E-state index is 11.7. The van der Waals surface area contributed by atoms with Crippen LogP contribution < -0.4 is 5.73 Å². The molecule has 1 aromatic carbocycles. The van der Waals surface area contributed by atoms with Gasteiger partial charge in [-0.1, -0.05) is 17.7 Å². The Bertz CT molecular complexity index is 352. The molecule has 0 aliphatic heterocycles. The molecule has 0 bridgehead atoms. The van der Waals surface area contributed by atoms with Gasteiger partial charge in [0.2, 0.25) is 0 Å². The molecule has 3 nitrogen and oxygen atoms in total. The van der Waals surface area contributed by atoms with Crippen molar-refractivity contribution in [2.45, 2.75) is 13.0 Å². The number of ether oxygens (including phenoxy) is 1. The Labute approximate surface area is 94.2 Å². The van der Waals surface area contributed by atoms with E-state index in [0.29, 0.717) is 30.2 Å². The summed E-state index contributed by atoms with van der Waals surface area (Å²) in [7, 11) is 1.59. The van der Waals surface area contributed by atoms with Crippen LogP contribution in [0, 0.1) is 0 Å². The largest absolute Gasteiger partial charge is 0.380 e. The lowest BCUT2D eigenvalue weighted by Gasteiger charge is -2.07. The smallest absolute Gasteiger partial charge is 0.164 e. The number of hydrogen-bond donors (Lipinski definition) is 1. The Morgan fingerprint density at radius 3 is 2.87 bits per heavy atom. The molecule has 0 atom stereocenters. The van der Waals surface area contributed by atoms with E-state index in [1.807, 2.05) is 0 Å². The van der Waals surface area contributed by atoms with Gasteiger partial charge in [-0.05, 0) is 24.2 Å². The second kappa shape index (κ2) is 5.85. The summed E-state index contributed by atoms with van der Waals surface area (Å²) in [5.41, 5.74) is 6.80. The van der Waals surface area contributed by atoms with Gasteiger partial charge in [0.25, 0.3) is 0 Å². The first-order valence-electron chi connectivity index (χ1n) is 4.69. The SMILES string of the molecule is COCc1ccc(Cl)cc1C(=O)CCN. The van der Waals surface area contributed by atoms with Crippen molar-refractivity contribution in [1.82, 2.24) is 0 Å². The Hall–Kier alpha value is -0.900. The predicted octanol–water partition coefficient (Wildman–Crippen LogP) is 2.02. The number of rotatable bonds is 5. The first kappa shape index (κ1) is 12.2. The minimum Gasteiger partial charge on any atom is -0.380 e. The van der Waals surface area contributed by atoms with E-state index in [1.165, 1.54) is 0 Å². The van der Waals surface area contributed by atoms with Crippen LogP contribution in [-0.4, -0.2) is 19.4 Å². The average Bonchev–Trinajstić information content (AvgIpc) is 2.21. The molecule has 15 heavy (non-hydrogen) atoms. The highest BCUT2D eigenvalue weighted by molar-refractivity contribution is 6.31. The molecule has 0 saturated carbocycles. The minimum atomic E-state index is 0.00653. The fraction of sp³-hybridized carbons (Fsp3) is 0.364. The molecular formula is C11H14ClNO2. The van der Waals surface area contributed by atoms with Gasteiger partial charge in [0.05, 0.1) is 6.61 Å². The number of Topliss-reactive ketones (excluding diaryl/α,β-unsaturated/α-hetero) is 1. The van der Waals surface area contributed by atoms with Crippen LogP contribution in [0.3, 0.4) is 0 Å². The third-order valence-electron chi connectivity index (χ3n) is 2.04. The first-order chi connectivity index (χ1) is 7.19. The number of methoxy groups -OCH3 is 1. The Morgan fingerprint density at radius 2 is 2.27 bits per heavy atom. The Balaban J connectivity index is 3.00. The molecule has 0 aliphatic rings. The maximum Gasteiger partial charge on any atom is 0.164 e. The molecule has 0 amide bonds. The van der Waals surface area contributed by atoms with Gasteiger partial charge >= 0.3 is 0 Å². The van der Waals surface area contributed by atoms with E-state index in [9.17, 15) is 4.79 Å². The quantitative estimate of drug-likeness (QED) is 0.783. The van der Waals surface area contributed by atoms with Crippen molar-refractivity contribution in [2.24, 2.45) is 5.73 Å². The molecule has 0 fully saturated rings. The molecule has 0 heterocycles. The van der Waals surface area contributed by atoms with Crippen molar-refractivity contribution in [1.29, 1.82) is 0 Å². The summed E-state index contributed by atoms with van der Waals surface area (Å²) >= 11 is 5.84. The zero-order chi connectivity index (χ0) is 11.3. The van der Waals surface area contributed by atoms with E-state index in [1.54, 1.807) is 25.3 Å². The maximum atomic E-state index is 11.7. The third kappa shape index (κ3) is 3.30. The van der Waals surface area contributed by atoms with Crippen LogP contribution in [0.4, 0.5) is 0 Å². The summed E-state index contributed by atoms with van der Waals surface area (Å²) in [6.45, 7) is 0.751. The number of ketones is 1. The molecule has 0 spiro atoms. The van der Waals surface area contributed by atoms with E-state index in [2.05, 4.69) is 0 Å². The molecule has 0 aliphatic carbocycles. The van der Waals surface area contributed by atoms with Gasteiger partial charge in [-0.25, -0.2) is 0 Å². The number of benzene rings is 1. The molecule has 1 rings (SSSR count). The zero-order valence-corrected chi connectivity index (χ0v) is 9.38. The van der Waals surface area contributed by atoms with Gasteiger partial charge in [-0.15, -0.1) is 0 Å². The summed E-state index contributed by atoms with van der Waals surface area (Å²) < 4.78 is 5.01. The first-order valence-corrected chi connectivity index (χ1v) is 5.07. The summed E-state index contributed by atoms with van der Waals surface area (Å²) in [6, 6.07) is 5.21. The molecule has 4 heteroatoms. The molecule has 0 saturated heterocycles. The third-order valence-corrected chi connectivity index (χ3v) is 2.28. The fourth-order valence-corrected chi connectivity index (χ4v) is 1.53. The van der Waals surface area contributed by atoms with Gasteiger partial charge in [-0.2, -0.15) is 0 Å². The van der Waals surface area contributed by atoms with Crippen LogP contribution in [0.25, 0.3) is 0 Å². The van der Waals surface area contributed by atoms with E-state index >= 15 is 0 Å². The van der Waals surface area contributed by atoms with Crippen LogP contribution in [0.15, 0.2) is 18.2 Å². The lowest BCUT2D eigenvalue weighted by atomic mass is 10.0. The second-order valence-corrected chi connectivity index (χ2v) is 3.63. The van der Waals surface area contributed by atoms with E-state index in [-0.39, 0.29) is 5.78 Å². The van der Waals surface area contributed by atoms with Crippen molar-refractivity contribution in [3.63, 3.8) is 0 Å². The molecular weight excluding hydrogens is 214 g/mol. The van der Waals surface area contributed by atoms with Crippen LogP contribution >= 0.6 is 11.6 Å². The molecule has 0 radical (unpaired) electrons. The van der Waals surface area contributed by atoms with E-state index in [0.717, 1.165) is 5.56 Å². The number of hydrogen-bond acceptors (Lipinski definition) is 3. The zero-order valence-electron chi connectivity index (χ0n) is 8.63. The molecule has 2 N–H and O–H groups in total. The lowest BCUT2D eigenvalue weighted by molar-refractivity contribution is 0.0980. The second-order valence-electron chi connectivity index (χ2n) is 3.20. The van der Waals surface area contributed by atoms with Gasteiger partial charge in [0.1, 0.15) is 0 Å². The van der Waals surface area contributed by atoms with Gasteiger partial charge < -0.3 is 10.5 Å². The Morgan fingerprint density at radius 1 is 1.53 bits per heavy atom. The number of carbonyl (C=O) groups excluding carboxylic acids is 1. The number of halogens is 1. The van der Waals surface area contributed by atoms with Gasteiger partial charge in [0, 0.05) is 24.1 Å². The van der Waals surface area contributed by atoms with Gasteiger partial charge in [-0.3, -0.25) is 4.79 Å². The Kier molecular flexibility index (Phi) is 4.75. The predicted molar refractivity (Wildman–Crippen MR) is 60.2 cm³/mol. The average molecular weight is 228 g/mol. The summed E-state index contributed by atoms with van der Waals surface area (Å²) in [6.07, 6.45) is 0.330. The van der Waals surface area contributed by atoms with Crippen LogP contribution in [-0.2, 0) is 11.3 Å². The fourth-order valence-electron chi connectivity index (χ4n) is 1.36.